The van der Waals surface area contributed by atoms with Gasteiger partial charge in [0.15, 0.2) is 0 Å². The van der Waals surface area contributed by atoms with Crippen LogP contribution < -0.4 is 0 Å². The van der Waals surface area contributed by atoms with E-state index in [-0.39, 0.29) is 11.7 Å². The molecule has 21 heavy (non-hydrogen) atoms. The van der Waals surface area contributed by atoms with Gasteiger partial charge in [0.2, 0.25) is 15.9 Å². The zero-order valence-corrected chi connectivity index (χ0v) is 14.0. The quantitative estimate of drug-likeness (QED) is 0.845. The molecule has 0 radical (unpaired) electrons. The summed E-state index contributed by atoms with van der Waals surface area (Å²) >= 11 is 3.96. The monoisotopic (exact) mass is 328 g/mol. The molecule has 116 valence electrons. The maximum Gasteiger partial charge on any atom is 0.243 e. The first kappa shape index (κ1) is 16.3. The maximum absolute atomic E-state index is 12.7. The molecule has 1 aromatic carbocycles. The van der Waals surface area contributed by atoms with Gasteiger partial charge < -0.3 is 4.90 Å². The first-order valence-electron chi connectivity index (χ1n) is 6.82. The number of rotatable bonds is 3. The molecular weight excluding hydrogens is 308 g/mol. The Balaban J connectivity index is 2.17. The lowest BCUT2D eigenvalue weighted by Crippen LogP contribution is -2.50. The zero-order chi connectivity index (χ0) is 15.6. The van der Waals surface area contributed by atoms with Crippen LogP contribution in [0.5, 0.6) is 0 Å². The molecule has 0 unspecified atom stereocenters. The number of carbonyl (C=O) groups is 1. The molecule has 1 saturated heterocycles. The van der Waals surface area contributed by atoms with E-state index in [2.05, 4.69) is 12.6 Å². The number of benzene rings is 1. The van der Waals surface area contributed by atoms with Crippen molar-refractivity contribution in [2.24, 2.45) is 0 Å². The van der Waals surface area contributed by atoms with Crippen LogP contribution in [-0.2, 0) is 14.8 Å². The minimum atomic E-state index is -3.49. The fraction of sp³-hybridized carbons (Fsp3) is 0.500. The smallest absolute Gasteiger partial charge is 0.243 e. The van der Waals surface area contributed by atoms with Crippen molar-refractivity contribution in [2.45, 2.75) is 18.7 Å². The van der Waals surface area contributed by atoms with Gasteiger partial charge in [0.05, 0.1) is 10.6 Å². The molecule has 1 aliphatic heterocycles. The summed E-state index contributed by atoms with van der Waals surface area (Å²) in [5, 5.41) is 0. The van der Waals surface area contributed by atoms with Crippen molar-refractivity contribution in [3.63, 3.8) is 0 Å². The van der Waals surface area contributed by atoms with E-state index in [4.69, 9.17) is 0 Å². The van der Waals surface area contributed by atoms with Crippen LogP contribution in [0.15, 0.2) is 23.1 Å². The molecule has 0 atom stereocenters. The van der Waals surface area contributed by atoms with Gasteiger partial charge in [-0.1, -0.05) is 17.7 Å². The predicted molar refractivity (Wildman–Crippen MR) is 85.1 cm³/mol. The number of amides is 1. The van der Waals surface area contributed by atoms with Gasteiger partial charge in [-0.15, -0.1) is 0 Å². The fourth-order valence-electron chi connectivity index (χ4n) is 2.51. The molecule has 0 bridgehead atoms. The van der Waals surface area contributed by atoms with Gasteiger partial charge in [0, 0.05) is 26.2 Å². The molecular formula is C14H20N2O3S2. The van der Waals surface area contributed by atoms with E-state index < -0.39 is 10.0 Å². The highest BCUT2D eigenvalue weighted by Crippen LogP contribution is 2.22. The Bertz CT molecular complexity index is 636. The Morgan fingerprint density at radius 3 is 2.33 bits per heavy atom. The summed E-state index contributed by atoms with van der Waals surface area (Å²) in [6.45, 7) is 5.24. The van der Waals surface area contributed by atoms with E-state index >= 15 is 0 Å². The molecule has 1 amide bonds. The minimum absolute atomic E-state index is 0.0538. The Kier molecular flexibility index (Phi) is 4.95. The van der Waals surface area contributed by atoms with Gasteiger partial charge in [0.1, 0.15) is 0 Å². The summed E-state index contributed by atoms with van der Waals surface area (Å²) in [6.07, 6.45) is 0. The standard InChI is InChI=1S/C14H20N2O3S2/c1-11-3-4-13(12(2)9-11)21(18,19)16-7-5-15(6-8-16)14(17)10-20/h3-4,9,20H,5-8,10H2,1-2H3. The van der Waals surface area contributed by atoms with Gasteiger partial charge in [0.25, 0.3) is 0 Å². The molecule has 0 saturated carbocycles. The van der Waals surface area contributed by atoms with Crippen molar-refractivity contribution in [2.75, 3.05) is 31.9 Å². The number of thiol groups is 1. The highest BCUT2D eigenvalue weighted by molar-refractivity contribution is 7.89. The number of piperazine rings is 1. The van der Waals surface area contributed by atoms with Gasteiger partial charge in [-0.25, -0.2) is 8.42 Å². The third kappa shape index (κ3) is 3.41. The van der Waals surface area contributed by atoms with Crippen LogP contribution >= 0.6 is 12.6 Å². The summed E-state index contributed by atoms with van der Waals surface area (Å²) in [5.74, 6) is 0.103. The van der Waals surface area contributed by atoms with E-state index in [1.165, 1.54) is 4.31 Å². The van der Waals surface area contributed by atoms with Crippen LogP contribution in [-0.4, -0.2) is 55.5 Å². The van der Waals surface area contributed by atoms with Gasteiger partial charge >= 0.3 is 0 Å². The van der Waals surface area contributed by atoms with Gasteiger partial charge in [-0.3, -0.25) is 4.79 Å². The molecule has 5 nitrogen and oxygen atoms in total. The predicted octanol–water partition coefficient (Wildman–Crippen LogP) is 1.07. The van der Waals surface area contributed by atoms with E-state index in [9.17, 15) is 13.2 Å². The summed E-state index contributed by atoms with van der Waals surface area (Å²) in [5.41, 5.74) is 1.79. The molecule has 7 heteroatoms. The summed E-state index contributed by atoms with van der Waals surface area (Å²) in [6, 6.07) is 5.33. The van der Waals surface area contributed by atoms with Crippen LogP contribution in [0.3, 0.4) is 0 Å². The summed E-state index contributed by atoms with van der Waals surface area (Å²) < 4.78 is 26.8. The van der Waals surface area contributed by atoms with Crippen LogP contribution in [0.25, 0.3) is 0 Å². The number of aryl methyl sites for hydroxylation is 2. The van der Waals surface area contributed by atoms with Crippen molar-refractivity contribution in [1.29, 1.82) is 0 Å². The molecule has 1 aliphatic rings. The van der Waals surface area contributed by atoms with E-state index in [0.717, 1.165) is 11.1 Å². The Morgan fingerprint density at radius 1 is 1.19 bits per heavy atom. The molecule has 2 rings (SSSR count). The molecule has 0 N–H and O–H groups in total. The van der Waals surface area contributed by atoms with E-state index in [1.54, 1.807) is 24.0 Å². The lowest BCUT2D eigenvalue weighted by Gasteiger charge is -2.34. The van der Waals surface area contributed by atoms with Crippen LogP contribution in [0, 0.1) is 13.8 Å². The number of hydrogen-bond acceptors (Lipinski definition) is 4. The highest BCUT2D eigenvalue weighted by Gasteiger charge is 2.30. The molecule has 0 aliphatic carbocycles. The van der Waals surface area contributed by atoms with Crippen molar-refractivity contribution in [3.8, 4) is 0 Å². The Morgan fingerprint density at radius 2 is 1.81 bits per heavy atom. The topological polar surface area (TPSA) is 57.7 Å². The normalized spacial score (nSPS) is 17.0. The fourth-order valence-corrected chi connectivity index (χ4v) is 4.33. The van der Waals surface area contributed by atoms with Crippen LogP contribution in [0.2, 0.25) is 0 Å². The van der Waals surface area contributed by atoms with Gasteiger partial charge in [-0.05, 0) is 25.5 Å². The zero-order valence-electron chi connectivity index (χ0n) is 12.2. The Labute approximate surface area is 131 Å². The first-order valence-corrected chi connectivity index (χ1v) is 8.89. The summed E-state index contributed by atoms with van der Waals surface area (Å²) in [7, 11) is -3.49. The Hall–Kier alpha value is -1.05. The van der Waals surface area contributed by atoms with E-state index in [0.29, 0.717) is 31.1 Å². The molecule has 1 heterocycles. The van der Waals surface area contributed by atoms with E-state index in [1.807, 2.05) is 13.0 Å². The lowest BCUT2D eigenvalue weighted by molar-refractivity contribution is -0.129. The first-order chi connectivity index (χ1) is 9.86. The average Bonchev–Trinajstić information content (AvgIpc) is 2.46. The van der Waals surface area contributed by atoms with Crippen molar-refractivity contribution < 1.29 is 13.2 Å². The molecule has 1 aromatic rings. The van der Waals surface area contributed by atoms with Crippen molar-refractivity contribution >= 4 is 28.6 Å². The highest BCUT2D eigenvalue weighted by atomic mass is 32.2. The SMILES string of the molecule is Cc1ccc(S(=O)(=O)N2CCN(C(=O)CS)CC2)c(C)c1. The summed E-state index contributed by atoms with van der Waals surface area (Å²) in [4.78, 5) is 13.6. The van der Waals surface area contributed by atoms with Gasteiger partial charge in [-0.2, -0.15) is 16.9 Å². The lowest BCUT2D eigenvalue weighted by atomic mass is 10.2. The molecule has 0 aromatic heterocycles. The second kappa shape index (κ2) is 6.37. The van der Waals surface area contributed by atoms with Crippen LogP contribution in [0.4, 0.5) is 0 Å². The third-order valence-corrected chi connectivity index (χ3v) is 6.00. The third-order valence-electron chi connectivity index (χ3n) is 3.67. The second-order valence-electron chi connectivity index (χ2n) is 5.21. The largest absolute Gasteiger partial charge is 0.339 e. The second-order valence-corrected chi connectivity index (χ2v) is 7.43. The number of nitrogens with zero attached hydrogens (tertiary/aromatic N) is 2. The van der Waals surface area contributed by atoms with Crippen LogP contribution in [0.1, 0.15) is 11.1 Å². The average molecular weight is 328 g/mol. The maximum atomic E-state index is 12.7. The molecule has 0 spiro atoms. The number of hydrogen-bond donors (Lipinski definition) is 1. The number of sulfonamides is 1. The minimum Gasteiger partial charge on any atom is -0.339 e. The number of carbonyl (C=O) groups excluding carboxylic acids is 1. The van der Waals surface area contributed by atoms with Crippen molar-refractivity contribution in [1.82, 2.24) is 9.21 Å². The van der Waals surface area contributed by atoms with Crippen molar-refractivity contribution in [3.05, 3.63) is 29.3 Å². The molecule has 1 fully saturated rings.